The van der Waals surface area contributed by atoms with E-state index < -0.39 is 11.9 Å². The molecule has 0 heterocycles. The van der Waals surface area contributed by atoms with Crippen molar-refractivity contribution in [3.63, 3.8) is 0 Å². The Morgan fingerprint density at radius 2 is 0.893 bits per heavy atom. The lowest BCUT2D eigenvalue weighted by molar-refractivity contribution is 0.0695. The van der Waals surface area contributed by atoms with Gasteiger partial charge in [0.2, 0.25) is 0 Å². The third kappa shape index (κ3) is 1.94. The molecule has 0 radical (unpaired) electrons. The minimum Gasteiger partial charge on any atom is -0.478 e. The Hall–Kier alpha value is -3.66. The first-order valence-corrected chi connectivity index (χ1v) is 9.00. The number of aromatic carboxylic acids is 2. The van der Waals surface area contributed by atoms with E-state index in [2.05, 4.69) is 26.0 Å². The van der Waals surface area contributed by atoms with Gasteiger partial charge >= 0.3 is 11.9 Å². The van der Waals surface area contributed by atoms with Gasteiger partial charge in [0, 0.05) is 5.39 Å². The maximum Gasteiger partial charge on any atom is 0.336 e. The summed E-state index contributed by atoms with van der Waals surface area (Å²) in [6.45, 7) is 4.17. The van der Waals surface area contributed by atoms with Crippen LogP contribution in [0.5, 0.6) is 0 Å². The fourth-order valence-corrected chi connectivity index (χ4v) is 4.62. The molecule has 0 saturated heterocycles. The van der Waals surface area contributed by atoms with Gasteiger partial charge in [-0.2, -0.15) is 0 Å². The van der Waals surface area contributed by atoms with E-state index in [1.54, 1.807) is 12.1 Å². The second-order valence-corrected chi connectivity index (χ2v) is 7.29. The highest BCUT2D eigenvalue weighted by Gasteiger charge is 2.22. The number of fused-ring (bicyclic) bond motifs is 2. The van der Waals surface area contributed by atoms with Crippen LogP contribution in [0, 0.1) is 13.8 Å². The monoisotopic (exact) mass is 368 g/mol. The fraction of sp³-hybridized carbons (Fsp3) is 0.0833. The summed E-state index contributed by atoms with van der Waals surface area (Å²) in [4.78, 5) is 23.7. The van der Waals surface area contributed by atoms with Gasteiger partial charge in [0.25, 0.3) is 0 Å². The highest BCUT2D eigenvalue weighted by atomic mass is 16.4. The number of benzene rings is 5. The Balaban J connectivity index is 2.20. The number of rotatable bonds is 2. The van der Waals surface area contributed by atoms with E-state index in [9.17, 15) is 19.8 Å². The van der Waals surface area contributed by atoms with E-state index in [1.165, 1.54) is 28.6 Å². The molecule has 2 N–H and O–H groups in total. The molecular weight excluding hydrogens is 352 g/mol. The maximum atomic E-state index is 11.9. The maximum absolute atomic E-state index is 11.9. The zero-order chi connectivity index (χ0) is 19.7. The molecule has 0 aliphatic rings. The highest BCUT2D eigenvalue weighted by Crippen LogP contribution is 2.43. The second-order valence-electron chi connectivity index (χ2n) is 7.29. The minimum absolute atomic E-state index is 0.0110. The van der Waals surface area contributed by atoms with Crippen molar-refractivity contribution in [2.24, 2.45) is 0 Å². The smallest absolute Gasteiger partial charge is 0.336 e. The fourth-order valence-electron chi connectivity index (χ4n) is 4.62. The summed E-state index contributed by atoms with van der Waals surface area (Å²) in [6, 6.07) is 14.9. The average Bonchev–Trinajstić information content (AvgIpc) is 2.66. The molecule has 0 atom stereocenters. The summed E-state index contributed by atoms with van der Waals surface area (Å²) in [5.41, 5.74) is 2.39. The molecule has 136 valence electrons. The van der Waals surface area contributed by atoms with Crippen LogP contribution in [-0.4, -0.2) is 22.2 Å². The molecular formula is C24H16O4. The third-order valence-electron chi connectivity index (χ3n) is 5.78. The average molecular weight is 368 g/mol. The molecule has 0 aliphatic carbocycles. The molecule has 0 amide bonds. The lowest BCUT2D eigenvalue weighted by Crippen LogP contribution is -2.05. The summed E-state index contributed by atoms with van der Waals surface area (Å²) in [5.74, 6) is -2.26. The molecule has 0 spiro atoms. The van der Waals surface area contributed by atoms with Crippen LogP contribution in [0.4, 0.5) is 0 Å². The van der Waals surface area contributed by atoms with Crippen molar-refractivity contribution < 1.29 is 19.8 Å². The van der Waals surface area contributed by atoms with Crippen LogP contribution in [0.1, 0.15) is 31.8 Å². The van der Waals surface area contributed by atoms with E-state index in [4.69, 9.17) is 0 Å². The molecule has 5 aromatic carbocycles. The molecule has 0 saturated carbocycles. The van der Waals surface area contributed by atoms with Crippen LogP contribution in [0.3, 0.4) is 0 Å². The zero-order valence-corrected chi connectivity index (χ0v) is 15.3. The van der Waals surface area contributed by atoms with Gasteiger partial charge in [0.05, 0.1) is 11.1 Å². The summed E-state index contributed by atoms with van der Waals surface area (Å²) >= 11 is 0. The van der Waals surface area contributed by atoms with Crippen molar-refractivity contribution in [2.75, 3.05) is 0 Å². The number of carboxylic acids is 2. The van der Waals surface area contributed by atoms with Gasteiger partial charge in [0.1, 0.15) is 0 Å². The molecule has 0 aliphatic heterocycles. The number of carbonyl (C=O) groups is 2. The molecule has 5 aromatic rings. The zero-order valence-electron chi connectivity index (χ0n) is 15.3. The van der Waals surface area contributed by atoms with Crippen LogP contribution < -0.4 is 0 Å². The summed E-state index contributed by atoms with van der Waals surface area (Å²) in [7, 11) is 0. The predicted molar refractivity (Wildman–Crippen MR) is 111 cm³/mol. The third-order valence-corrected chi connectivity index (χ3v) is 5.78. The summed E-state index contributed by atoms with van der Waals surface area (Å²) in [6.07, 6.45) is 0. The first-order valence-electron chi connectivity index (χ1n) is 9.00. The van der Waals surface area contributed by atoms with E-state index in [-0.39, 0.29) is 16.5 Å². The van der Waals surface area contributed by atoms with Crippen molar-refractivity contribution in [1.82, 2.24) is 0 Å². The standard InChI is InChI=1S/C24H16O4/c1-11-3-5-13-15-7-9-17(23(25)26)22-18(24(27)28)10-8-16(21(15)22)14-6-4-12(2)19(11)20(13)14/h3-10H,1-2H3,(H,25,26)(H,27,28). The lowest BCUT2D eigenvalue weighted by Gasteiger charge is -2.18. The SMILES string of the molecule is Cc1ccc2c3ccc(C(=O)O)c4c(C(=O)O)ccc(c5ccc(C)c1c25)c43. The topological polar surface area (TPSA) is 74.6 Å². The van der Waals surface area contributed by atoms with E-state index in [0.717, 1.165) is 26.9 Å². The van der Waals surface area contributed by atoms with Gasteiger partial charge in [-0.15, -0.1) is 0 Å². The number of carboxylic acid groups (broad SMARTS) is 2. The van der Waals surface area contributed by atoms with Crippen LogP contribution in [-0.2, 0) is 0 Å². The largest absolute Gasteiger partial charge is 0.478 e. The molecule has 4 nitrogen and oxygen atoms in total. The first kappa shape index (κ1) is 16.5. The molecule has 0 bridgehead atoms. The lowest BCUT2D eigenvalue weighted by atomic mass is 9.85. The molecule has 0 aromatic heterocycles. The van der Waals surface area contributed by atoms with Crippen molar-refractivity contribution >= 4 is 55.0 Å². The number of hydrogen-bond acceptors (Lipinski definition) is 2. The normalized spacial score (nSPS) is 11.8. The van der Waals surface area contributed by atoms with Crippen LogP contribution in [0.2, 0.25) is 0 Å². The highest BCUT2D eigenvalue weighted by molar-refractivity contribution is 6.36. The van der Waals surface area contributed by atoms with Crippen molar-refractivity contribution in [2.45, 2.75) is 13.8 Å². The van der Waals surface area contributed by atoms with Crippen LogP contribution in [0.25, 0.3) is 43.1 Å². The number of hydrogen-bond donors (Lipinski definition) is 2. The van der Waals surface area contributed by atoms with Gasteiger partial charge in [-0.3, -0.25) is 0 Å². The summed E-state index contributed by atoms with van der Waals surface area (Å²) < 4.78 is 0. The van der Waals surface area contributed by atoms with Crippen LogP contribution in [0.15, 0.2) is 48.5 Å². The first-order chi connectivity index (χ1) is 13.4. The Morgan fingerprint density at radius 1 is 0.536 bits per heavy atom. The quantitative estimate of drug-likeness (QED) is 0.307. The Morgan fingerprint density at radius 3 is 1.29 bits per heavy atom. The van der Waals surface area contributed by atoms with E-state index in [1.807, 2.05) is 12.1 Å². The molecule has 28 heavy (non-hydrogen) atoms. The van der Waals surface area contributed by atoms with Crippen molar-refractivity contribution in [3.05, 3.63) is 70.8 Å². The van der Waals surface area contributed by atoms with Crippen molar-refractivity contribution in [1.29, 1.82) is 0 Å². The van der Waals surface area contributed by atoms with Gasteiger partial charge in [-0.25, -0.2) is 9.59 Å². The van der Waals surface area contributed by atoms with Crippen molar-refractivity contribution in [3.8, 4) is 0 Å². The van der Waals surface area contributed by atoms with Crippen LogP contribution >= 0.6 is 0 Å². The molecule has 0 fully saturated rings. The van der Waals surface area contributed by atoms with Gasteiger partial charge in [0.15, 0.2) is 0 Å². The van der Waals surface area contributed by atoms with Gasteiger partial charge < -0.3 is 10.2 Å². The van der Waals surface area contributed by atoms with E-state index >= 15 is 0 Å². The second kappa shape index (κ2) is 5.42. The number of aryl methyl sites for hydroxylation is 2. The summed E-state index contributed by atoms with van der Waals surface area (Å²) in [5, 5.41) is 26.5. The van der Waals surface area contributed by atoms with Gasteiger partial charge in [-0.1, -0.05) is 36.4 Å². The molecule has 0 unspecified atom stereocenters. The van der Waals surface area contributed by atoms with Gasteiger partial charge in [-0.05, 0) is 74.8 Å². The molecule has 4 heteroatoms. The Bertz CT molecular complexity index is 1370. The predicted octanol–water partition coefficient (Wildman–Crippen LogP) is 5.75. The molecule has 5 rings (SSSR count). The Kier molecular flexibility index (Phi) is 3.20. The Labute approximate surface area is 160 Å². The minimum atomic E-state index is -1.13. The van der Waals surface area contributed by atoms with E-state index in [0.29, 0.717) is 5.39 Å².